The largest absolute Gasteiger partial charge is 0.480 e. The molecule has 2 aliphatic carbocycles. The third-order valence-electron chi connectivity index (χ3n) is 3.67. The second-order valence-corrected chi connectivity index (χ2v) is 5.80. The van der Waals surface area contributed by atoms with Crippen LogP contribution in [0.3, 0.4) is 0 Å². The van der Waals surface area contributed by atoms with Gasteiger partial charge >= 0.3 is 12.0 Å². The zero-order valence-electron chi connectivity index (χ0n) is 11.2. The monoisotopic (exact) mass is 270 g/mol. The van der Waals surface area contributed by atoms with Crippen molar-refractivity contribution in [3.05, 3.63) is 0 Å². The van der Waals surface area contributed by atoms with Crippen LogP contribution in [0, 0.1) is 11.8 Å². The van der Waals surface area contributed by atoms with Gasteiger partial charge in [0.15, 0.2) is 6.04 Å². The van der Waals surface area contributed by atoms with E-state index < -0.39 is 18.1 Å². The SMILES string of the molecule is C[C@@H](O)[C@H](NC(=O)N(CC1CC1)CC1CC1)C(=O)O. The smallest absolute Gasteiger partial charge is 0.328 e. The minimum atomic E-state index is -1.24. The summed E-state index contributed by atoms with van der Waals surface area (Å²) in [7, 11) is 0. The molecule has 0 saturated heterocycles. The molecule has 2 aliphatic rings. The topological polar surface area (TPSA) is 89.9 Å². The third-order valence-corrected chi connectivity index (χ3v) is 3.67. The number of nitrogens with one attached hydrogen (secondary N) is 1. The molecule has 6 nitrogen and oxygen atoms in total. The van der Waals surface area contributed by atoms with Crippen LogP contribution in [0.1, 0.15) is 32.6 Å². The minimum absolute atomic E-state index is 0.368. The van der Waals surface area contributed by atoms with E-state index in [2.05, 4.69) is 5.32 Å². The number of carboxylic acids is 1. The normalized spacial score (nSPS) is 21.6. The number of amides is 2. The fourth-order valence-corrected chi connectivity index (χ4v) is 2.08. The molecule has 2 amide bonds. The second-order valence-electron chi connectivity index (χ2n) is 5.80. The van der Waals surface area contributed by atoms with Gasteiger partial charge in [0.2, 0.25) is 0 Å². The fraction of sp³-hybridized carbons (Fsp3) is 0.846. The quantitative estimate of drug-likeness (QED) is 0.633. The van der Waals surface area contributed by atoms with Crippen LogP contribution in [0.2, 0.25) is 0 Å². The Morgan fingerprint density at radius 1 is 1.21 bits per heavy atom. The van der Waals surface area contributed by atoms with Gasteiger partial charge in [-0.05, 0) is 44.4 Å². The lowest BCUT2D eigenvalue weighted by molar-refractivity contribution is -0.141. The molecule has 0 heterocycles. The van der Waals surface area contributed by atoms with Crippen molar-refractivity contribution in [3.63, 3.8) is 0 Å². The van der Waals surface area contributed by atoms with Crippen molar-refractivity contribution in [2.24, 2.45) is 11.8 Å². The van der Waals surface area contributed by atoms with Gasteiger partial charge < -0.3 is 20.4 Å². The van der Waals surface area contributed by atoms with Gasteiger partial charge in [0, 0.05) is 13.1 Å². The number of rotatable bonds is 7. The molecule has 0 aromatic heterocycles. The molecule has 0 bridgehead atoms. The Hall–Kier alpha value is -1.30. The maximum absolute atomic E-state index is 12.1. The number of hydrogen-bond acceptors (Lipinski definition) is 3. The molecular weight excluding hydrogens is 248 g/mol. The maximum Gasteiger partial charge on any atom is 0.328 e. The van der Waals surface area contributed by atoms with Crippen molar-refractivity contribution in [2.75, 3.05) is 13.1 Å². The summed E-state index contributed by atoms with van der Waals surface area (Å²) in [6.45, 7) is 2.77. The lowest BCUT2D eigenvalue weighted by Crippen LogP contribution is -2.53. The van der Waals surface area contributed by atoms with E-state index in [-0.39, 0.29) is 6.03 Å². The Balaban J connectivity index is 1.90. The molecule has 2 saturated carbocycles. The molecule has 0 aliphatic heterocycles. The molecule has 19 heavy (non-hydrogen) atoms. The van der Waals surface area contributed by atoms with Crippen LogP contribution in [0.25, 0.3) is 0 Å². The molecule has 0 radical (unpaired) electrons. The van der Waals surface area contributed by atoms with E-state index in [0.717, 1.165) is 25.7 Å². The lowest BCUT2D eigenvalue weighted by Gasteiger charge is -2.26. The summed E-state index contributed by atoms with van der Waals surface area (Å²) in [5.74, 6) is -0.0696. The molecular formula is C13H22N2O4. The molecule has 2 atom stereocenters. The van der Waals surface area contributed by atoms with Crippen molar-refractivity contribution in [2.45, 2.75) is 44.8 Å². The summed E-state index contributed by atoms with van der Waals surface area (Å²) in [6, 6.07) is -1.61. The van der Waals surface area contributed by atoms with E-state index >= 15 is 0 Å². The highest BCUT2D eigenvalue weighted by Gasteiger charge is 2.33. The number of carbonyl (C=O) groups is 2. The molecule has 2 fully saturated rings. The highest BCUT2D eigenvalue weighted by Crippen LogP contribution is 2.33. The highest BCUT2D eigenvalue weighted by molar-refractivity contribution is 5.83. The third kappa shape index (κ3) is 4.38. The van der Waals surface area contributed by atoms with Gasteiger partial charge in [-0.3, -0.25) is 0 Å². The van der Waals surface area contributed by atoms with Gasteiger partial charge in [-0.25, -0.2) is 9.59 Å². The van der Waals surface area contributed by atoms with Gasteiger partial charge in [-0.2, -0.15) is 0 Å². The molecule has 0 aromatic carbocycles. The van der Waals surface area contributed by atoms with Crippen molar-refractivity contribution in [1.29, 1.82) is 0 Å². The predicted octanol–water partition coefficient (Wildman–Crippen LogP) is 0.652. The molecule has 3 N–H and O–H groups in total. The van der Waals surface area contributed by atoms with Gasteiger partial charge in [-0.1, -0.05) is 0 Å². The molecule has 0 aromatic rings. The van der Waals surface area contributed by atoms with Crippen molar-refractivity contribution in [1.82, 2.24) is 10.2 Å². The minimum Gasteiger partial charge on any atom is -0.480 e. The van der Waals surface area contributed by atoms with Gasteiger partial charge in [-0.15, -0.1) is 0 Å². The number of carbonyl (C=O) groups excluding carboxylic acids is 1. The summed E-state index contributed by atoms with van der Waals surface area (Å²) in [4.78, 5) is 24.8. The Kier molecular flexibility index (Phi) is 4.29. The first-order chi connectivity index (χ1) is 8.97. The van der Waals surface area contributed by atoms with Crippen molar-refractivity contribution < 1.29 is 19.8 Å². The van der Waals surface area contributed by atoms with Crippen molar-refractivity contribution in [3.8, 4) is 0 Å². The Morgan fingerprint density at radius 3 is 2.00 bits per heavy atom. The summed E-state index contributed by atoms with van der Waals surface area (Å²) in [5.41, 5.74) is 0. The van der Waals surface area contributed by atoms with Crippen LogP contribution in [0.15, 0.2) is 0 Å². The van der Waals surface area contributed by atoms with Crippen LogP contribution < -0.4 is 5.32 Å². The van der Waals surface area contributed by atoms with Gasteiger partial charge in [0.1, 0.15) is 0 Å². The van der Waals surface area contributed by atoms with Crippen LogP contribution in [0.5, 0.6) is 0 Å². The molecule has 6 heteroatoms. The lowest BCUT2D eigenvalue weighted by atomic mass is 10.2. The molecule has 0 unspecified atom stereocenters. The van der Waals surface area contributed by atoms with Gasteiger partial charge in [0.25, 0.3) is 0 Å². The summed E-state index contributed by atoms with van der Waals surface area (Å²) in [5, 5.41) is 20.8. The zero-order valence-corrected chi connectivity index (χ0v) is 11.2. The number of urea groups is 1. The Bertz CT molecular complexity index is 337. The van der Waals surface area contributed by atoms with Crippen LogP contribution in [-0.4, -0.2) is 52.3 Å². The zero-order chi connectivity index (χ0) is 14.0. The van der Waals surface area contributed by atoms with E-state index in [1.165, 1.54) is 6.92 Å². The van der Waals surface area contributed by atoms with E-state index in [1.54, 1.807) is 4.90 Å². The van der Waals surface area contributed by atoms with E-state index in [9.17, 15) is 14.7 Å². The standard InChI is InChI=1S/C13H22N2O4/c1-8(16)11(12(17)18)14-13(19)15(6-9-2-3-9)7-10-4-5-10/h8-11,16H,2-7H2,1H3,(H,14,19)(H,17,18)/t8-,11+/m1/s1. The number of hydrogen-bond donors (Lipinski definition) is 3. The molecule has 108 valence electrons. The van der Waals surface area contributed by atoms with E-state index in [1.807, 2.05) is 0 Å². The summed E-state index contributed by atoms with van der Waals surface area (Å²) < 4.78 is 0. The van der Waals surface area contributed by atoms with Gasteiger partial charge in [0.05, 0.1) is 6.10 Å². The number of aliphatic carboxylic acids is 1. The summed E-state index contributed by atoms with van der Waals surface area (Å²) >= 11 is 0. The number of carboxylic acid groups (broad SMARTS) is 1. The Labute approximate surface area is 112 Å². The second kappa shape index (κ2) is 5.77. The first-order valence-corrected chi connectivity index (χ1v) is 6.93. The van der Waals surface area contributed by atoms with Crippen molar-refractivity contribution >= 4 is 12.0 Å². The number of aliphatic hydroxyl groups excluding tert-OH is 1. The van der Waals surface area contributed by atoms with E-state index in [4.69, 9.17) is 5.11 Å². The maximum atomic E-state index is 12.1. The number of nitrogens with zero attached hydrogens (tertiary/aromatic N) is 1. The number of aliphatic hydroxyl groups is 1. The predicted molar refractivity (Wildman–Crippen MR) is 68.7 cm³/mol. The first kappa shape index (κ1) is 14.1. The Morgan fingerprint density at radius 2 is 1.68 bits per heavy atom. The van der Waals surface area contributed by atoms with Crippen LogP contribution in [-0.2, 0) is 4.79 Å². The fourth-order valence-electron chi connectivity index (χ4n) is 2.08. The average Bonchev–Trinajstić information content (AvgIpc) is 3.17. The first-order valence-electron chi connectivity index (χ1n) is 6.93. The molecule has 0 spiro atoms. The average molecular weight is 270 g/mol. The van der Waals surface area contributed by atoms with Crippen LogP contribution in [0.4, 0.5) is 4.79 Å². The highest BCUT2D eigenvalue weighted by atomic mass is 16.4. The molecule has 2 rings (SSSR count). The van der Waals surface area contributed by atoms with Crippen LogP contribution >= 0.6 is 0 Å². The van der Waals surface area contributed by atoms with E-state index in [0.29, 0.717) is 24.9 Å². The summed E-state index contributed by atoms with van der Waals surface area (Å²) in [6.07, 6.45) is 3.48.